The lowest BCUT2D eigenvalue weighted by Crippen LogP contribution is -2.53. The topological polar surface area (TPSA) is 81.4 Å². The van der Waals surface area contributed by atoms with Crippen LogP contribution in [0.25, 0.3) is 0 Å². The van der Waals surface area contributed by atoms with Gasteiger partial charge in [0.05, 0.1) is 17.9 Å². The van der Waals surface area contributed by atoms with Gasteiger partial charge in [0.2, 0.25) is 5.91 Å². The summed E-state index contributed by atoms with van der Waals surface area (Å²) in [6.45, 7) is 7.62. The minimum atomic E-state index is -0.440. The van der Waals surface area contributed by atoms with Gasteiger partial charge in [-0.15, -0.1) is 12.4 Å². The van der Waals surface area contributed by atoms with Gasteiger partial charge in [-0.25, -0.2) is 0 Å². The molecule has 6 heteroatoms. The molecule has 3 N–H and O–H groups in total. The number of hydrogen-bond donors (Lipinski definition) is 2. The van der Waals surface area contributed by atoms with Crippen LogP contribution in [-0.2, 0) is 14.3 Å². The van der Waals surface area contributed by atoms with E-state index in [-0.39, 0.29) is 42.2 Å². The molecule has 1 amide bonds. The third kappa shape index (κ3) is 6.22. The van der Waals surface area contributed by atoms with Crippen molar-refractivity contribution in [1.29, 1.82) is 0 Å². The summed E-state index contributed by atoms with van der Waals surface area (Å²) in [5.41, 5.74) is 5.76. The molecule has 0 aromatic carbocycles. The van der Waals surface area contributed by atoms with Gasteiger partial charge in [0.25, 0.3) is 0 Å². The van der Waals surface area contributed by atoms with Crippen LogP contribution in [0.5, 0.6) is 0 Å². The first-order valence-electron chi connectivity index (χ1n) is 7.51. The Hall–Kier alpha value is -0.810. The Bertz CT molecular complexity index is 359. The van der Waals surface area contributed by atoms with Crippen molar-refractivity contribution in [1.82, 2.24) is 5.32 Å². The van der Waals surface area contributed by atoms with E-state index in [4.69, 9.17) is 10.5 Å². The molecular weight excluding hydrogens is 292 g/mol. The van der Waals surface area contributed by atoms with Crippen LogP contribution in [-0.4, -0.2) is 30.1 Å². The number of ether oxygens (including phenoxy) is 1. The van der Waals surface area contributed by atoms with Crippen molar-refractivity contribution in [3.05, 3.63) is 0 Å². The first-order chi connectivity index (χ1) is 9.24. The highest BCUT2D eigenvalue weighted by Gasteiger charge is 2.37. The molecule has 0 bridgehead atoms. The molecule has 0 aromatic heterocycles. The minimum Gasteiger partial charge on any atom is -0.463 e. The van der Waals surface area contributed by atoms with Crippen molar-refractivity contribution >= 4 is 24.3 Å². The van der Waals surface area contributed by atoms with Gasteiger partial charge in [0.1, 0.15) is 0 Å². The molecule has 0 radical (unpaired) electrons. The van der Waals surface area contributed by atoms with E-state index in [1.807, 2.05) is 20.8 Å². The second-order valence-electron chi connectivity index (χ2n) is 6.44. The smallest absolute Gasteiger partial charge is 0.310 e. The van der Waals surface area contributed by atoms with Crippen LogP contribution >= 0.6 is 12.4 Å². The van der Waals surface area contributed by atoms with Crippen molar-refractivity contribution in [3.8, 4) is 0 Å². The van der Waals surface area contributed by atoms with Crippen molar-refractivity contribution < 1.29 is 14.3 Å². The second kappa shape index (κ2) is 8.59. The lowest BCUT2D eigenvalue weighted by atomic mass is 9.74. The monoisotopic (exact) mass is 320 g/mol. The number of esters is 1. The van der Waals surface area contributed by atoms with Crippen LogP contribution in [0.15, 0.2) is 0 Å². The zero-order chi connectivity index (χ0) is 15.3. The first kappa shape index (κ1) is 20.2. The Morgan fingerprint density at radius 2 is 1.95 bits per heavy atom. The van der Waals surface area contributed by atoms with Gasteiger partial charge in [-0.05, 0) is 33.6 Å². The molecule has 0 spiro atoms. The van der Waals surface area contributed by atoms with E-state index in [0.29, 0.717) is 6.54 Å². The SMILES string of the molecule is CC(C)OC(=O)C(C)CNC(=O)C1CCCCC1(C)N.Cl. The lowest BCUT2D eigenvalue weighted by Gasteiger charge is -2.37. The molecule has 1 aliphatic carbocycles. The molecule has 1 aliphatic rings. The fraction of sp³-hybridized carbons (Fsp3) is 0.867. The number of halogens is 1. The fourth-order valence-electron chi connectivity index (χ4n) is 2.60. The molecule has 21 heavy (non-hydrogen) atoms. The molecule has 0 aromatic rings. The van der Waals surface area contributed by atoms with Crippen LogP contribution in [0, 0.1) is 11.8 Å². The van der Waals surface area contributed by atoms with E-state index >= 15 is 0 Å². The molecule has 3 atom stereocenters. The molecule has 1 fully saturated rings. The Labute approximate surface area is 133 Å². The zero-order valence-corrected chi connectivity index (χ0v) is 14.3. The molecule has 0 heterocycles. The molecule has 3 unspecified atom stereocenters. The number of carbonyl (C=O) groups is 2. The molecule has 0 aliphatic heterocycles. The number of hydrogen-bond acceptors (Lipinski definition) is 4. The maximum atomic E-state index is 12.2. The standard InChI is InChI=1S/C15H28N2O3.ClH/c1-10(2)20-14(19)11(3)9-17-13(18)12-7-5-6-8-15(12,4)16;/h10-12H,5-9,16H2,1-4H3,(H,17,18);1H. The molecule has 0 saturated heterocycles. The summed E-state index contributed by atoms with van der Waals surface area (Å²) in [6, 6.07) is 0. The summed E-state index contributed by atoms with van der Waals surface area (Å²) in [4.78, 5) is 23.9. The third-order valence-corrected chi connectivity index (χ3v) is 3.91. The Morgan fingerprint density at radius 3 is 2.48 bits per heavy atom. The largest absolute Gasteiger partial charge is 0.463 e. The molecule has 1 rings (SSSR count). The number of amides is 1. The second-order valence-corrected chi connectivity index (χ2v) is 6.44. The van der Waals surface area contributed by atoms with Gasteiger partial charge in [-0.1, -0.05) is 19.8 Å². The van der Waals surface area contributed by atoms with Gasteiger partial charge < -0.3 is 15.8 Å². The van der Waals surface area contributed by atoms with Gasteiger partial charge in [-0.2, -0.15) is 0 Å². The summed E-state index contributed by atoms with van der Waals surface area (Å²) >= 11 is 0. The number of nitrogens with one attached hydrogen (secondary N) is 1. The maximum Gasteiger partial charge on any atom is 0.310 e. The predicted octanol–water partition coefficient (Wildman–Crippen LogP) is 2.02. The van der Waals surface area contributed by atoms with Crippen molar-refractivity contribution in [2.75, 3.05) is 6.54 Å². The van der Waals surface area contributed by atoms with Crippen LogP contribution in [0.3, 0.4) is 0 Å². The van der Waals surface area contributed by atoms with Crippen molar-refractivity contribution in [3.63, 3.8) is 0 Å². The van der Waals surface area contributed by atoms with Crippen molar-refractivity contribution in [2.24, 2.45) is 17.6 Å². The molecule has 5 nitrogen and oxygen atoms in total. The van der Waals surface area contributed by atoms with Crippen LogP contribution < -0.4 is 11.1 Å². The van der Waals surface area contributed by atoms with Gasteiger partial charge in [-0.3, -0.25) is 9.59 Å². The maximum absolute atomic E-state index is 12.2. The first-order valence-corrected chi connectivity index (χ1v) is 7.51. The average Bonchev–Trinajstić information content (AvgIpc) is 2.34. The van der Waals surface area contributed by atoms with Gasteiger partial charge >= 0.3 is 5.97 Å². The third-order valence-electron chi connectivity index (χ3n) is 3.91. The van der Waals surface area contributed by atoms with Crippen LogP contribution in [0.2, 0.25) is 0 Å². The van der Waals surface area contributed by atoms with E-state index in [1.54, 1.807) is 6.92 Å². The number of nitrogens with two attached hydrogens (primary N) is 1. The highest BCUT2D eigenvalue weighted by Crippen LogP contribution is 2.31. The lowest BCUT2D eigenvalue weighted by molar-refractivity contribution is -0.151. The van der Waals surface area contributed by atoms with E-state index in [9.17, 15) is 9.59 Å². The van der Waals surface area contributed by atoms with Crippen molar-refractivity contribution in [2.45, 2.75) is 65.0 Å². The minimum absolute atomic E-state index is 0. The average molecular weight is 321 g/mol. The number of carbonyl (C=O) groups excluding carboxylic acids is 2. The molecule has 124 valence electrons. The summed E-state index contributed by atoms with van der Waals surface area (Å²) in [7, 11) is 0. The van der Waals surface area contributed by atoms with Crippen LogP contribution in [0.1, 0.15) is 53.4 Å². The predicted molar refractivity (Wildman–Crippen MR) is 85.2 cm³/mol. The molecular formula is C15H29ClN2O3. The fourth-order valence-corrected chi connectivity index (χ4v) is 2.60. The zero-order valence-electron chi connectivity index (χ0n) is 13.5. The normalized spacial score (nSPS) is 26.7. The van der Waals surface area contributed by atoms with E-state index < -0.39 is 5.54 Å². The van der Waals surface area contributed by atoms with E-state index in [1.165, 1.54) is 0 Å². The number of rotatable bonds is 5. The summed E-state index contributed by atoms with van der Waals surface area (Å²) in [6.07, 6.45) is 3.68. The summed E-state index contributed by atoms with van der Waals surface area (Å²) in [5, 5.41) is 2.84. The Morgan fingerprint density at radius 1 is 1.33 bits per heavy atom. The summed E-state index contributed by atoms with van der Waals surface area (Å²) < 4.78 is 5.12. The quantitative estimate of drug-likeness (QED) is 0.759. The van der Waals surface area contributed by atoms with Gasteiger partial charge in [0.15, 0.2) is 0 Å². The van der Waals surface area contributed by atoms with E-state index in [0.717, 1.165) is 25.7 Å². The van der Waals surface area contributed by atoms with E-state index in [2.05, 4.69) is 5.32 Å². The van der Waals surface area contributed by atoms with Crippen LogP contribution in [0.4, 0.5) is 0 Å². The molecule has 1 saturated carbocycles. The highest BCUT2D eigenvalue weighted by atomic mass is 35.5. The highest BCUT2D eigenvalue weighted by molar-refractivity contribution is 5.85. The Balaban J connectivity index is 0.00000400. The van der Waals surface area contributed by atoms with Gasteiger partial charge in [0, 0.05) is 12.1 Å². The Kier molecular flexibility index (Phi) is 8.26. The summed E-state index contributed by atoms with van der Waals surface area (Å²) in [5.74, 6) is -0.822.